The van der Waals surface area contributed by atoms with Gasteiger partial charge in [-0.3, -0.25) is 4.21 Å². The second kappa shape index (κ2) is 5.84. The molecule has 20 heavy (non-hydrogen) atoms. The van der Waals surface area contributed by atoms with Gasteiger partial charge in [-0.05, 0) is 25.0 Å². The lowest BCUT2D eigenvalue weighted by Crippen LogP contribution is -2.19. The summed E-state index contributed by atoms with van der Waals surface area (Å²) in [7, 11) is -1.15. The minimum absolute atomic E-state index is 0.0512. The molecule has 0 N–H and O–H groups in total. The van der Waals surface area contributed by atoms with Gasteiger partial charge in [0.1, 0.15) is 0 Å². The molecule has 0 radical (unpaired) electrons. The lowest BCUT2D eigenvalue weighted by Gasteiger charge is -2.14. The van der Waals surface area contributed by atoms with Crippen LogP contribution in [-0.2, 0) is 10.8 Å². The molecule has 4 nitrogen and oxygen atoms in total. The van der Waals surface area contributed by atoms with Crippen molar-refractivity contribution in [1.82, 2.24) is 0 Å². The van der Waals surface area contributed by atoms with Crippen LogP contribution in [0.3, 0.4) is 0 Å². The van der Waals surface area contributed by atoms with E-state index in [1.807, 2.05) is 18.2 Å². The maximum absolute atomic E-state index is 12.7. The molecule has 1 fully saturated rings. The van der Waals surface area contributed by atoms with Crippen LogP contribution in [0.1, 0.15) is 25.7 Å². The van der Waals surface area contributed by atoms with Crippen LogP contribution in [0.5, 0.6) is 11.5 Å². The quantitative estimate of drug-likeness (QED) is 0.840. The van der Waals surface area contributed by atoms with Crippen LogP contribution in [-0.4, -0.2) is 22.7 Å². The van der Waals surface area contributed by atoms with Crippen molar-refractivity contribution in [3.63, 3.8) is 0 Å². The van der Waals surface area contributed by atoms with Crippen LogP contribution in [0.2, 0.25) is 0 Å². The second-order valence-electron chi connectivity index (χ2n) is 5.16. The zero-order valence-corrected chi connectivity index (χ0v) is 12.0. The lowest BCUT2D eigenvalue weighted by atomic mass is 10.1. The Morgan fingerprint density at radius 1 is 1.15 bits per heavy atom. The topological polar surface area (TPSA) is 59.3 Å². The number of nitrogens with zero attached hydrogens (tertiary/aromatic N) is 1. The van der Waals surface area contributed by atoms with Crippen LogP contribution in [0.15, 0.2) is 23.1 Å². The largest absolute Gasteiger partial charge is 0.490 e. The zero-order valence-electron chi connectivity index (χ0n) is 11.2. The van der Waals surface area contributed by atoms with Crippen molar-refractivity contribution in [1.29, 1.82) is 5.26 Å². The third kappa shape index (κ3) is 2.53. The first-order chi connectivity index (χ1) is 9.79. The summed E-state index contributed by atoms with van der Waals surface area (Å²) >= 11 is 0. The summed E-state index contributed by atoms with van der Waals surface area (Å²) in [6, 6.07) is 7.75. The Kier molecular flexibility index (Phi) is 3.93. The van der Waals surface area contributed by atoms with Crippen molar-refractivity contribution in [2.24, 2.45) is 5.92 Å². The van der Waals surface area contributed by atoms with Crippen LogP contribution >= 0.6 is 0 Å². The number of hydrogen-bond acceptors (Lipinski definition) is 4. The van der Waals surface area contributed by atoms with Gasteiger partial charge in [-0.15, -0.1) is 0 Å². The number of benzene rings is 1. The molecule has 0 spiro atoms. The molecule has 1 heterocycles. The van der Waals surface area contributed by atoms with Crippen LogP contribution in [0, 0.1) is 17.2 Å². The Hall–Kier alpha value is -1.54. The highest BCUT2D eigenvalue weighted by atomic mass is 32.2. The van der Waals surface area contributed by atoms with Gasteiger partial charge < -0.3 is 9.47 Å². The minimum Gasteiger partial charge on any atom is -0.490 e. The van der Waals surface area contributed by atoms with Crippen molar-refractivity contribution < 1.29 is 13.7 Å². The summed E-state index contributed by atoms with van der Waals surface area (Å²) in [4.78, 5) is 0.737. The Labute approximate surface area is 121 Å². The summed E-state index contributed by atoms with van der Waals surface area (Å²) in [5.41, 5.74) is 0. The van der Waals surface area contributed by atoms with Gasteiger partial charge in [0, 0.05) is 17.4 Å². The molecule has 3 atom stereocenters. The van der Waals surface area contributed by atoms with E-state index < -0.39 is 10.8 Å². The minimum atomic E-state index is -1.15. The lowest BCUT2D eigenvalue weighted by molar-refractivity contribution is 0.297. The summed E-state index contributed by atoms with van der Waals surface area (Å²) in [6.45, 7) is 1.27. The van der Waals surface area contributed by atoms with E-state index >= 15 is 0 Å². The number of ether oxygens (including phenoxy) is 2. The monoisotopic (exact) mass is 291 g/mol. The molecule has 5 heteroatoms. The number of hydrogen-bond donors (Lipinski definition) is 0. The first kappa shape index (κ1) is 13.4. The highest BCUT2D eigenvalue weighted by molar-refractivity contribution is 7.85. The van der Waals surface area contributed by atoms with Gasteiger partial charge in [0.25, 0.3) is 0 Å². The summed E-state index contributed by atoms with van der Waals surface area (Å²) < 4.78 is 23.9. The highest BCUT2D eigenvalue weighted by Crippen LogP contribution is 2.36. The molecule has 0 amide bonds. The molecule has 1 aromatic carbocycles. The van der Waals surface area contributed by atoms with Crippen molar-refractivity contribution in [3.05, 3.63) is 18.2 Å². The Bertz CT molecular complexity index is 567. The van der Waals surface area contributed by atoms with E-state index in [0.29, 0.717) is 24.7 Å². The third-order valence-corrected chi connectivity index (χ3v) is 5.68. The Morgan fingerprint density at radius 3 is 2.75 bits per heavy atom. The van der Waals surface area contributed by atoms with Crippen LogP contribution in [0.25, 0.3) is 0 Å². The number of fused-ring (bicyclic) bond motifs is 1. The molecule has 0 saturated heterocycles. The van der Waals surface area contributed by atoms with E-state index in [1.54, 1.807) is 0 Å². The van der Waals surface area contributed by atoms with Crippen molar-refractivity contribution in [2.75, 3.05) is 13.2 Å². The van der Waals surface area contributed by atoms with Crippen molar-refractivity contribution >= 4 is 10.8 Å². The van der Waals surface area contributed by atoms with Gasteiger partial charge in [-0.2, -0.15) is 5.26 Å². The maximum Gasteiger partial charge on any atom is 0.162 e. The number of nitriles is 1. The summed E-state index contributed by atoms with van der Waals surface area (Å²) in [6.07, 6.45) is 3.56. The van der Waals surface area contributed by atoms with E-state index in [4.69, 9.17) is 14.7 Å². The normalized spacial score (nSPS) is 26.6. The molecular formula is C15H17NO3S. The van der Waals surface area contributed by atoms with Gasteiger partial charge in [0.2, 0.25) is 0 Å². The molecule has 1 aromatic rings. The maximum atomic E-state index is 12.7. The van der Waals surface area contributed by atoms with E-state index in [1.165, 1.54) is 0 Å². The Balaban J connectivity index is 1.85. The van der Waals surface area contributed by atoms with E-state index in [0.717, 1.165) is 30.6 Å². The first-order valence-corrected chi connectivity index (χ1v) is 8.21. The molecule has 2 aliphatic rings. The van der Waals surface area contributed by atoms with E-state index in [-0.39, 0.29) is 11.2 Å². The molecule has 1 aliphatic carbocycles. The molecule has 0 aromatic heterocycles. The standard InChI is InChI=1S/C15H17NO3S/c16-10-11-3-1-4-15(11)20(17)12-5-6-13-14(9-12)19-8-2-7-18-13/h5-6,9,11,15H,1-4,7-8H2. The first-order valence-electron chi connectivity index (χ1n) is 6.99. The molecule has 3 unspecified atom stereocenters. The van der Waals surface area contributed by atoms with Crippen molar-refractivity contribution in [3.8, 4) is 17.6 Å². The third-order valence-electron chi connectivity index (χ3n) is 3.84. The van der Waals surface area contributed by atoms with E-state index in [2.05, 4.69) is 6.07 Å². The zero-order chi connectivity index (χ0) is 13.9. The SMILES string of the molecule is N#CC1CCCC1S(=O)c1ccc2c(c1)OCCCO2. The average molecular weight is 291 g/mol. The fourth-order valence-electron chi connectivity index (χ4n) is 2.77. The average Bonchev–Trinajstić information content (AvgIpc) is 2.83. The molecule has 106 valence electrons. The molecule has 1 saturated carbocycles. The van der Waals surface area contributed by atoms with E-state index in [9.17, 15) is 4.21 Å². The van der Waals surface area contributed by atoms with Gasteiger partial charge in [0.05, 0.1) is 41.3 Å². The van der Waals surface area contributed by atoms with Gasteiger partial charge in [-0.25, -0.2) is 0 Å². The second-order valence-corrected chi connectivity index (χ2v) is 6.83. The molecule has 0 bridgehead atoms. The molecule has 3 rings (SSSR count). The summed E-state index contributed by atoms with van der Waals surface area (Å²) in [5.74, 6) is 1.29. The molecule has 1 aliphatic heterocycles. The smallest absolute Gasteiger partial charge is 0.162 e. The van der Waals surface area contributed by atoms with Gasteiger partial charge >= 0.3 is 0 Å². The Morgan fingerprint density at radius 2 is 1.95 bits per heavy atom. The van der Waals surface area contributed by atoms with Crippen LogP contribution in [0.4, 0.5) is 0 Å². The van der Waals surface area contributed by atoms with Gasteiger partial charge in [-0.1, -0.05) is 6.42 Å². The van der Waals surface area contributed by atoms with Crippen LogP contribution < -0.4 is 9.47 Å². The predicted octanol–water partition coefficient (Wildman–Crippen LogP) is 2.65. The van der Waals surface area contributed by atoms with Crippen molar-refractivity contribution in [2.45, 2.75) is 35.8 Å². The fourth-order valence-corrected chi connectivity index (χ4v) is 4.42. The number of rotatable bonds is 2. The van der Waals surface area contributed by atoms with Gasteiger partial charge in [0.15, 0.2) is 11.5 Å². The predicted molar refractivity (Wildman–Crippen MR) is 75.2 cm³/mol. The molecular weight excluding hydrogens is 274 g/mol. The summed E-state index contributed by atoms with van der Waals surface area (Å²) in [5, 5.41) is 9.08. The fraction of sp³-hybridized carbons (Fsp3) is 0.533. The highest BCUT2D eigenvalue weighted by Gasteiger charge is 2.33.